The highest BCUT2D eigenvalue weighted by Crippen LogP contribution is 2.29. The van der Waals surface area contributed by atoms with Crippen molar-refractivity contribution in [2.45, 2.75) is 39.2 Å². The van der Waals surface area contributed by atoms with Crippen molar-refractivity contribution in [3.63, 3.8) is 0 Å². The van der Waals surface area contributed by atoms with Crippen molar-refractivity contribution in [2.75, 3.05) is 6.54 Å². The molecule has 4 heteroatoms. The maximum atomic E-state index is 5.30. The summed E-state index contributed by atoms with van der Waals surface area (Å²) < 4.78 is 5.30. The van der Waals surface area contributed by atoms with Crippen molar-refractivity contribution in [1.82, 2.24) is 15.5 Å². The van der Waals surface area contributed by atoms with Crippen LogP contribution in [-0.4, -0.2) is 16.7 Å². The van der Waals surface area contributed by atoms with Crippen LogP contribution < -0.4 is 5.32 Å². The molecule has 0 radical (unpaired) electrons. The third-order valence-corrected chi connectivity index (χ3v) is 4.23. The first-order valence-corrected chi connectivity index (χ1v) is 7.85. The lowest BCUT2D eigenvalue weighted by Crippen LogP contribution is -2.21. The molecule has 21 heavy (non-hydrogen) atoms. The number of aromatic nitrogens is 2. The molecule has 1 fully saturated rings. The van der Waals surface area contributed by atoms with E-state index in [4.69, 9.17) is 4.52 Å². The molecule has 0 bridgehead atoms. The van der Waals surface area contributed by atoms with Crippen LogP contribution in [0.4, 0.5) is 0 Å². The largest absolute Gasteiger partial charge is 0.338 e. The molecule has 1 N–H and O–H groups in total. The van der Waals surface area contributed by atoms with Gasteiger partial charge in [-0.1, -0.05) is 48.8 Å². The zero-order valence-corrected chi connectivity index (χ0v) is 12.6. The highest BCUT2D eigenvalue weighted by molar-refractivity contribution is 5.18. The van der Waals surface area contributed by atoms with Gasteiger partial charge < -0.3 is 9.84 Å². The van der Waals surface area contributed by atoms with E-state index in [0.29, 0.717) is 12.4 Å². The summed E-state index contributed by atoms with van der Waals surface area (Å²) in [6.45, 7) is 4.07. The summed E-state index contributed by atoms with van der Waals surface area (Å²) in [6, 6.07) is 10.2. The molecule has 0 amide bonds. The molecule has 2 atom stereocenters. The Morgan fingerprint density at radius 1 is 1.24 bits per heavy atom. The van der Waals surface area contributed by atoms with Crippen LogP contribution in [0.25, 0.3) is 0 Å². The van der Waals surface area contributed by atoms with Gasteiger partial charge in [-0.3, -0.25) is 0 Å². The number of nitrogens with zero attached hydrogens (tertiary/aromatic N) is 2. The molecule has 3 rings (SSSR count). The minimum Gasteiger partial charge on any atom is -0.338 e. The normalized spacial score (nSPS) is 21.8. The van der Waals surface area contributed by atoms with Crippen LogP contribution in [0.1, 0.15) is 43.5 Å². The number of hydrogen-bond donors (Lipinski definition) is 1. The van der Waals surface area contributed by atoms with E-state index in [2.05, 4.69) is 34.5 Å². The molecular weight excluding hydrogens is 262 g/mol. The van der Waals surface area contributed by atoms with Crippen molar-refractivity contribution in [1.29, 1.82) is 0 Å². The van der Waals surface area contributed by atoms with E-state index >= 15 is 0 Å². The number of nitrogens with one attached hydrogen (secondary N) is 1. The van der Waals surface area contributed by atoms with Gasteiger partial charge in [-0.15, -0.1) is 0 Å². The summed E-state index contributed by atoms with van der Waals surface area (Å²) in [5.41, 5.74) is 1.21. The van der Waals surface area contributed by atoms with Gasteiger partial charge in [0, 0.05) is 6.42 Å². The molecule has 0 aliphatic heterocycles. The summed E-state index contributed by atoms with van der Waals surface area (Å²) in [7, 11) is 0. The molecule has 1 aromatic carbocycles. The third-order valence-electron chi connectivity index (χ3n) is 4.23. The molecule has 1 aromatic heterocycles. The standard InChI is InChI=1S/C17H23N3O/c1-13-7-8-15(9-13)11-18-12-17-19-16(20-21-17)10-14-5-3-2-4-6-14/h2-6,13,15,18H,7-12H2,1H3. The SMILES string of the molecule is CC1CCC(CNCc2nc(Cc3ccccc3)no2)C1. The van der Waals surface area contributed by atoms with Crippen LogP contribution in [0.5, 0.6) is 0 Å². The number of rotatable bonds is 6. The molecule has 4 nitrogen and oxygen atoms in total. The predicted octanol–water partition coefficient (Wildman–Crippen LogP) is 3.19. The van der Waals surface area contributed by atoms with E-state index in [9.17, 15) is 0 Å². The molecule has 1 aliphatic carbocycles. The monoisotopic (exact) mass is 285 g/mol. The summed E-state index contributed by atoms with van der Waals surface area (Å²) >= 11 is 0. The van der Waals surface area contributed by atoms with Crippen molar-refractivity contribution >= 4 is 0 Å². The molecular formula is C17H23N3O. The van der Waals surface area contributed by atoms with Crippen LogP contribution in [0, 0.1) is 11.8 Å². The Balaban J connectivity index is 1.44. The van der Waals surface area contributed by atoms with Gasteiger partial charge in [0.2, 0.25) is 5.89 Å². The highest BCUT2D eigenvalue weighted by Gasteiger charge is 2.20. The Labute approximate surface area is 126 Å². The Kier molecular flexibility index (Phi) is 4.65. The van der Waals surface area contributed by atoms with Crippen LogP contribution in [-0.2, 0) is 13.0 Å². The molecule has 1 saturated carbocycles. The minimum absolute atomic E-state index is 0.673. The maximum Gasteiger partial charge on any atom is 0.240 e. The number of benzene rings is 1. The van der Waals surface area contributed by atoms with Crippen LogP contribution in [0.3, 0.4) is 0 Å². The maximum absolute atomic E-state index is 5.30. The van der Waals surface area contributed by atoms with E-state index in [1.54, 1.807) is 0 Å². The summed E-state index contributed by atoms with van der Waals surface area (Å²) in [5, 5.41) is 7.49. The molecule has 2 unspecified atom stereocenters. The lowest BCUT2D eigenvalue weighted by Gasteiger charge is -2.09. The summed E-state index contributed by atoms with van der Waals surface area (Å²) in [5.74, 6) is 3.14. The second kappa shape index (κ2) is 6.85. The van der Waals surface area contributed by atoms with Crippen LogP contribution in [0.2, 0.25) is 0 Å². The minimum atomic E-state index is 0.673. The Hall–Kier alpha value is -1.68. The van der Waals surface area contributed by atoms with Crippen molar-refractivity contribution < 1.29 is 4.52 Å². The first-order valence-electron chi connectivity index (χ1n) is 7.85. The molecule has 112 valence electrons. The lowest BCUT2D eigenvalue weighted by molar-refractivity contribution is 0.356. The van der Waals surface area contributed by atoms with Gasteiger partial charge in [-0.25, -0.2) is 0 Å². The summed E-state index contributed by atoms with van der Waals surface area (Å²) in [4.78, 5) is 4.44. The quantitative estimate of drug-likeness (QED) is 0.885. The molecule has 1 heterocycles. The second-order valence-corrected chi connectivity index (χ2v) is 6.18. The topological polar surface area (TPSA) is 51.0 Å². The first-order chi connectivity index (χ1) is 10.3. The van der Waals surface area contributed by atoms with E-state index in [0.717, 1.165) is 30.6 Å². The van der Waals surface area contributed by atoms with Crippen LogP contribution in [0.15, 0.2) is 34.9 Å². The second-order valence-electron chi connectivity index (χ2n) is 6.18. The average molecular weight is 285 g/mol. The smallest absolute Gasteiger partial charge is 0.240 e. The molecule has 0 spiro atoms. The molecule has 2 aromatic rings. The Bertz CT molecular complexity index is 552. The average Bonchev–Trinajstić information content (AvgIpc) is 3.10. The van der Waals surface area contributed by atoms with Crippen molar-refractivity contribution in [3.8, 4) is 0 Å². The summed E-state index contributed by atoms with van der Waals surface area (Å²) in [6.07, 6.45) is 4.78. The van der Waals surface area contributed by atoms with E-state index in [1.807, 2.05) is 18.2 Å². The lowest BCUT2D eigenvalue weighted by atomic mass is 10.1. The van der Waals surface area contributed by atoms with E-state index in [1.165, 1.54) is 24.8 Å². The zero-order chi connectivity index (χ0) is 14.5. The van der Waals surface area contributed by atoms with Gasteiger partial charge in [0.1, 0.15) is 0 Å². The van der Waals surface area contributed by atoms with Gasteiger partial charge in [0.05, 0.1) is 6.54 Å². The predicted molar refractivity (Wildman–Crippen MR) is 81.8 cm³/mol. The molecule has 0 saturated heterocycles. The van der Waals surface area contributed by atoms with Crippen LogP contribution >= 0.6 is 0 Å². The zero-order valence-electron chi connectivity index (χ0n) is 12.6. The van der Waals surface area contributed by atoms with Crippen molar-refractivity contribution in [3.05, 3.63) is 47.6 Å². The van der Waals surface area contributed by atoms with Gasteiger partial charge in [-0.2, -0.15) is 4.98 Å². The third kappa shape index (κ3) is 4.14. The fraction of sp³-hybridized carbons (Fsp3) is 0.529. The van der Waals surface area contributed by atoms with E-state index in [-0.39, 0.29) is 0 Å². The van der Waals surface area contributed by atoms with Gasteiger partial charge in [-0.05, 0) is 36.8 Å². The van der Waals surface area contributed by atoms with Gasteiger partial charge in [0.25, 0.3) is 0 Å². The highest BCUT2D eigenvalue weighted by atomic mass is 16.5. The molecule has 1 aliphatic rings. The van der Waals surface area contributed by atoms with E-state index < -0.39 is 0 Å². The first kappa shape index (κ1) is 14.3. The number of hydrogen-bond acceptors (Lipinski definition) is 4. The van der Waals surface area contributed by atoms with Gasteiger partial charge in [0.15, 0.2) is 5.82 Å². The fourth-order valence-electron chi connectivity index (χ4n) is 3.11. The fourth-order valence-corrected chi connectivity index (χ4v) is 3.11. The van der Waals surface area contributed by atoms with Gasteiger partial charge >= 0.3 is 0 Å². The Morgan fingerprint density at radius 3 is 2.86 bits per heavy atom. The Morgan fingerprint density at radius 2 is 2.10 bits per heavy atom. The van der Waals surface area contributed by atoms with Crippen molar-refractivity contribution in [2.24, 2.45) is 11.8 Å².